The van der Waals surface area contributed by atoms with Crippen molar-refractivity contribution in [3.05, 3.63) is 71.9 Å². The Morgan fingerprint density at radius 1 is 1.04 bits per heavy atom. The number of nitrogens with one attached hydrogen (secondary N) is 2. The first-order valence-electron chi connectivity index (χ1n) is 8.70. The minimum atomic E-state index is 0. The molecule has 2 N–H and O–H groups in total. The molecule has 27 heavy (non-hydrogen) atoms. The standard InChI is InChI=1S/C21H24N4O.HI/c1-22-21(24-14-12-16-8-10-19(26-2)11-9-16)25-15-18-6-3-5-17-7-4-13-23-20(17)18;/h3-11,13H,12,14-15H2,1-2H3,(H2,22,24,25);1H. The number of fused-ring (bicyclic) bond motifs is 1. The third-order valence-corrected chi connectivity index (χ3v) is 4.25. The molecule has 5 nitrogen and oxygen atoms in total. The van der Waals surface area contributed by atoms with Crippen LogP contribution in [0.15, 0.2) is 65.8 Å². The molecule has 0 amide bonds. The molecule has 0 aliphatic carbocycles. The molecular formula is C21H25IN4O. The zero-order valence-corrected chi connectivity index (χ0v) is 17.9. The van der Waals surface area contributed by atoms with Crippen molar-refractivity contribution in [3.8, 4) is 5.75 Å². The third-order valence-electron chi connectivity index (χ3n) is 4.25. The molecule has 0 saturated heterocycles. The number of guanidine groups is 1. The second kappa shape index (κ2) is 10.7. The molecule has 0 atom stereocenters. The molecule has 0 aliphatic heterocycles. The molecule has 3 rings (SSSR count). The zero-order chi connectivity index (χ0) is 18.2. The largest absolute Gasteiger partial charge is 0.497 e. The summed E-state index contributed by atoms with van der Waals surface area (Å²) in [5.74, 6) is 1.66. The Balaban J connectivity index is 0.00000261. The van der Waals surface area contributed by atoms with E-state index in [0.717, 1.165) is 41.1 Å². The number of hydrogen-bond donors (Lipinski definition) is 2. The Bertz CT molecular complexity index is 875. The van der Waals surface area contributed by atoms with Gasteiger partial charge in [-0.05, 0) is 35.7 Å². The molecule has 0 saturated carbocycles. The van der Waals surface area contributed by atoms with Gasteiger partial charge in [-0.15, -0.1) is 24.0 Å². The van der Waals surface area contributed by atoms with E-state index in [1.54, 1.807) is 14.2 Å². The lowest BCUT2D eigenvalue weighted by Gasteiger charge is -2.13. The van der Waals surface area contributed by atoms with E-state index in [4.69, 9.17) is 4.74 Å². The summed E-state index contributed by atoms with van der Waals surface area (Å²) >= 11 is 0. The van der Waals surface area contributed by atoms with Crippen LogP contribution in [-0.4, -0.2) is 31.6 Å². The molecular weight excluding hydrogens is 451 g/mol. The van der Waals surface area contributed by atoms with Gasteiger partial charge in [0.05, 0.1) is 12.6 Å². The highest BCUT2D eigenvalue weighted by Crippen LogP contribution is 2.15. The highest BCUT2D eigenvalue weighted by molar-refractivity contribution is 14.0. The Morgan fingerprint density at radius 3 is 2.56 bits per heavy atom. The van der Waals surface area contributed by atoms with E-state index < -0.39 is 0 Å². The molecule has 0 radical (unpaired) electrons. The molecule has 1 heterocycles. The van der Waals surface area contributed by atoms with Crippen LogP contribution in [0.1, 0.15) is 11.1 Å². The Hall–Kier alpha value is -2.35. The van der Waals surface area contributed by atoms with Gasteiger partial charge in [0.25, 0.3) is 0 Å². The first-order chi connectivity index (χ1) is 12.8. The fourth-order valence-corrected chi connectivity index (χ4v) is 2.83. The molecule has 0 aliphatic rings. The van der Waals surface area contributed by atoms with Gasteiger partial charge in [0, 0.05) is 31.7 Å². The summed E-state index contributed by atoms with van der Waals surface area (Å²) in [6, 6.07) is 18.4. The SMILES string of the molecule is CN=C(NCCc1ccc(OC)cc1)NCc1cccc2cccnc12.I. The van der Waals surface area contributed by atoms with E-state index in [1.165, 1.54) is 5.56 Å². The van der Waals surface area contributed by atoms with Gasteiger partial charge in [0.15, 0.2) is 5.96 Å². The van der Waals surface area contributed by atoms with Crippen molar-refractivity contribution in [2.24, 2.45) is 4.99 Å². The number of hydrogen-bond acceptors (Lipinski definition) is 3. The number of rotatable bonds is 6. The van der Waals surface area contributed by atoms with Gasteiger partial charge in [0.1, 0.15) is 5.75 Å². The summed E-state index contributed by atoms with van der Waals surface area (Å²) in [5.41, 5.74) is 3.43. The van der Waals surface area contributed by atoms with E-state index in [1.807, 2.05) is 24.4 Å². The van der Waals surface area contributed by atoms with Crippen molar-refractivity contribution in [1.29, 1.82) is 0 Å². The number of aliphatic imine (C=N–C) groups is 1. The monoisotopic (exact) mass is 476 g/mol. The summed E-state index contributed by atoms with van der Waals surface area (Å²) < 4.78 is 5.18. The van der Waals surface area contributed by atoms with Crippen LogP contribution in [0.4, 0.5) is 0 Å². The summed E-state index contributed by atoms with van der Waals surface area (Å²) in [6.07, 6.45) is 2.74. The van der Waals surface area contributed by atoms with Gasteiger partial charge in [-0.2, -0.15) is 0 Å². The summed E-state index contributed by atoms with van der Waals surface area (Å²) in [6.45, 7) is 1.48. The Kier molecular flexibility index (Phi) is 8.32. The number of halogens is 1. The molecule has 0 fully saturated rings. The summed E-state index contributed by atoms with van der Waals surface area (Å²) in [5, 5.41) is 7.86. The maximum absolute atomic E-state index is 5.18. The minimum absolute atomic E-state index is 0. The smallest absolute Gasteiger partial charge is 0.191 e. The molecule has 0 bridgehead atoms. The number of aromatic nitrogens is 1. The van der Waals surface area contributed by atoms with Gasteiger partial charge in [-0.1, -0.05) is 36.4 Å². The molecule has 142 valence electrons. The minimum Gasteiger partial charge on any atom is -0.497 e. The van der Waals surface area contributed by atoms with Crippen LogP contribution in [0.5, 0.6) is 5.75 Å². The molecule has 0 unspecified atom stereocenters. The maximum Gasteiger partial charge on any atom is 0.191 e. The van der Waals surface area contributed by atoms with Crippen molar-refractivity contribution >= 4 is 40.8 Å². The predicted molar refractivity (Wildman–Crippen MR) is 122 cm³/mol. The van der Waals surface area contributed by atoms with Gasteiger partial charge in [-0.25, -0.2) is 0 Å². The zero-order valence-electron chi connectivity index (χ0n) is 15.6. The van der Waals surface area contributed by atoms with E-state index in [2.05, 4.69) is 57.0 Å². The number of para-hydroxylation sites is 1. The quantitative estimate of drug-likeness (QED) is 0.323. The van der Waals surface area contributed by atoms with Gasteiger partial charge < -0.3 is 15.4 Å². The fourth-order valence-electron chi connectivity index (χ4n) is 2.83. The van der Waals surface area contributed by atoms with Crippen LogP contribution in [0, 0.1) is 0 Å². The number of benzene rings is 2. The van der Waals surface area contributed by atoms with Crippen LogP contribution in [0.2, 0.25) is 0 Å². The van der Waals surface area contributed by atoms with Crippen molar-refractivity contribution in [2.45, 2.75) is 13.0 Å². The molecule has 6 heteroatoms. The van der Waals surface area contributed by atoms with Crippen LogP contribution in [0.25, 0.3) is 10.9 Å². The van der Waals surface area contributed by atoms with Crippen LogP contribution in [0.3, 0.4) is 0 Å². The molecule has 3 aromatic rings. The van der Waals surface area contributed by atoms with Crippen molar-refractivity contribution < 1.29 is 4.74 Å². The lowest BCUT2D eigenvalue weighted by molar-refractivity contribution is 0.414. The van der Waals surface area contributed by atoms with E-state index in [-0.39, 0.29) is 24.0 Å². The normalized spacial score (nSPS) is 11.0. The third kappa shape index (κ3) is 5.82. The topological polar surface area (TPSA) is 58.5 Å². The number of methoxy groups -OCH3 is 1. The molecule has 0 spiro atoms. The summed E-state index contributed by atoms with van der Waals surface area (Å²) in [7, 11) is 3.46. The second-order valence-corrected chi connectivity index (χ2v) is 5.94. The first-order valence-corrected chi connectivity index (χ1v) is 8.70. The van der Waals surface area contributed by atoms with E-state index in [9.17, 15) is 0 Å². The summed E-state index contributed by atoms with van der Waals surface area (Å²) in [4.78, 5) is 8.79. The maximum atomic E-state index is 5.18. The van der Waals surface area contributed by atoms with Crippen molar-refractivity contribution in [1.82, 2.24) is 15.6 Å². The van der Waals surface area contributed by atoms with Gasteiger partial charge in [-0.3, -0.25) is 9.98 Å². The lowest BCUT2D eigenvalue weighted by Crippen LogP contribution is -2.37. The first kappa shape index (κ1) is 21.0. The Labute approximate surface area is 177 Å². The highest BCUT2D eigenvalue weighted by Gasteiger charge is 2.03. The van der Waals surface area contributed by atoms with Crippen molar-refractivity contribution in [3.63, 3.8) is 0 Å². The molecule has 2 aromatic carbocycles. The fraction of sp³-hybridized carbons (Fsp3) is 0.238. The second-order valence-electron chi connectivity index (χ2n) is 5.94. The van der Waals surface area contributed by atoms with Gasteiger partial charge >= 0.3 is 0 Å². The number of pyridine rings is 1. The number of nitrogens with zero attached hydrogens (tertiary/aromatic N) is 2. The van der Waals surface area contributed by atoms with Crippen LogP contribution < -0.4 is 15.4 Å². The van der Waals surface area contributed by atoms with Crippen molar-refractivity contribution in [2.75, 3.05) is 20.7 Å². The van der Waals surface area contributed by atoms with Crippen LogP contribution >= 0.6 is 24.0 Å². The highest BCUT2D eigenvalue weighted by atomic mass is 127. The lowest BCUT2D eigenvalue weighted by atomic mass is 10.1. The molecule has 1 aromatic heterocycles. The van der Waals surface area contributed by atoms with Crippen LogP contribution in [-0.2, 0) is 13.0 Å². The predicted octanol–water partition coefficient (Wildman–Crippen LogP) is 3.77. The number of ether oxygens (including phenoxy) is 1. The van der Waals surface area contributed by atoms with Gasteiger partial charge in [0.2, 0.25) is 0 Å². The average molecular weight is 476 g/mol. The average Bonchev–Trinajstić information content (AvgIpc) is 2.71. The Morgan fingerprint density at radius 2 is 1.81 bits per heavy atom. The van der Waals surface area contributed by atoms with E-state index >= 15 is 0 Å². The van der Waals surface area contributed by atoms with E-state index in [0.29, 0.717) is 6.54 Å².